The van der Waals surface area contributed by atoms with E-state index in [1.54, 1.807) is 0 Å². The van der Waals surface area contributed by atoms with Crippen molar-refractivity contribution in [3.05, 3.63) is 102 Å². The summed E-state index contributed by atoms with van der Waals surface area (Å²) in [6.45, 7) is 27.4. The zero-order valence-corrected chi connectivity index (χ0v) is 33.4. The number of aromatic hydroxyl groups is 1. The molecule has 0 atom stereocenters. The van der Waals surface area contributed by atoms with Crippen LogP contribution in [0.3, 0.4) is 0 Å². The molecule has 0 spiro atoms. The monoisotopic (exact) mass is 825 g/mol. The molecule has 45 heavy (non-hydrogen) atoms. The zero-order valence-electron chi connectivity index (χ0n) is 29.1. The van der Waals surface area contributed by atoms with Crippen LogP contribution in [0.2, 0.25) is 0 Å². The molecule has 0 aromatic heterocycles. The van der Waals surface area contributed by atoms with Gasteiger partial charge in [0.05, 0.1) is 9.26 Å². The van der Waals surface area contributed by atoms with Gasteiger partial charge in [0, 0.05) is 26.5 Å². The Balaban J connectivity index is 2.11. The van der Waals surface area contributed by atoms with Crippen LogP contribution in [0.25, 0.3) is 22.3 Å². The predicted molar refractivity (Wildman–Crippen MR) is 213 cm³/mol. The SMILES string of the molecule is CC(C)(C)c1cc(-c2cccc(-c3cc(C(C)(C)C)cc(C(C)(C)C)c3)c2N=Cc2cc(I)cc(I)c2O)cc(C(C)(C)C)c1. The van der Waals surface area contributed by atoms with E-state index in [0.29, 0.717) is 5.56 Å². The number of halogens is 2. The molecule has 1 N–H and O–H groups in total. The number of phenolic OH excluding ortho intramolecular Hbond substituents is 1. The topological polar surface area (TPSA) is 32.6 Å². The van der Waals surface area contributed by atoms with Gasteiger partial charge in [0.2, 0.25) is 0 Å². The van der Waals surface area contributed by atoms with Gasteiger partial charge < -0.3 is 5.11 Å². The molecular weight excluding hydrogens is 776 g/mol. The van der Waals surface area contributed by atoms with E-state index < -0.39 is 0 Å². The first-order valence-electron chi connectivity index (χ1n) is 15.7. The standard InChI is InChI=1S/C41H49I2NO/c1-38(2,3)28-16-25(17-29(21-28)39(4,5)6)33-14-13-15-34(36(33)44-24-27-20-32(42)23-35(43)37(27)45)26-18-30(40(7,8)9)22-31(19-26)41(10,11)12/h13-24,45H,1-12H3. The second-order valence-electron chi connectivity index (χ2n) is 16.4. The Kier molecular flexibility index (Phi) is 10.1. The van der Waals surface area contributed by atoms with E-state index in [4.69, 9.17) is 4.99 Å². The van der Waals surface area contributed by atoms with Gasteiger partial charge in [0.1, 0.15) is 5.75 Å². The highest BCUT2D eigenvalue weighted by molar-refractivity contribution is 14.1. The predicted octanol–water partition coefficient (Wildman–Crippen LogP) is 12.9. The first-order chi connectivity index (χ1) is 20.6. The Morgan fingerprint density at radius 3 is 1.29 bits per heavy atom. The lowest BCUT2D eigenvalue weighted by atomic mass is 9.78. The molecule has 0 amide bonds. The smallest absolute Gasteiger partial charge is 0.137 e. The second kappa shape index (κ2) is 12.8. The molecule has 4 rings (SSSR count). The van der Waals surface area contributed by atoms with Crippen molar-refractivity contribution >= 4 is 57.1 Å². The molecule has 238 valence electrons. The van der Waals surface area contributed by atoms with Crippen LogP contribution in [0.4, 0.5) is 5.69 Å². The van der Waals surface area contributed by atoms with Crippen LogP contribution in [0, 0.1) is 7.14 Å². The van der Waals surface area contributed by atoms with E-state index in [2.05, 4.69) is 183 Å². The minimum atomic E-state index is -0.0110. The molecule has 0 saturated heterocycles. The summed E-state index contributed by atoms with van der Waals surface area (Å²) in [4.78, 5) is 5.25. The molecule has 4 aromatic rings. The van der Waals surface area contributed by atoms with Crippen molar-refractivity contribution in [3.8, 4) is 28.0 Å². The van der Waals surface area contributed by atoms with Gasteiger partial charge in [-0.15, -0.1) is 0 Å². The van der Waals surface area contributed by atoms with Crippen molar-refractivity contribution in [1.82, 2.24) is 0 Å². The fourth-order valence-corrected chi connectivity index (χ4v) is 7.15. The van der Waals surface area contributed by atoms with Gasteiger partial charge in [-0.2, -0.15) is 0 Å². The molecule has 0 bridgehead atoms. The molecule has 0 fully saturated rings. The van der Waals surface area contributed by atoms with Crippen molar-refractivity contribution in [3.63, 3.8) is 0 Å². The van der Waals surface area contributed by atoms with Crippen molar-refractivity contribution < 1.29 is 5.11 Å². The van der Waals surface area contributed by atoms with Gasteiger partial charge in [-0.1, -0.05) is 138 Å². The highest BCUT2D eigenvalue weighted by atomic mass is 127. The molecular formula is C41H49I2NO. The van der Waals surface area contributed by atoms with Crippen LogP contribution in [-0.4, -0.2) is 11.3 Å². The summed E-state index contributed by atoms with van der Waals surface area (Å²) >= 11 is 4.49. The van der Waals surface area contributed by atoms with Crippen molar-refractivity contribution in [2.75, 3.05) is 0 Å². The second-order valence-corrected chi connectivity index (χ2v) is 18.8. The van der Waals surface area contributed by atoms with Gasteiger partial charge in [-0.25, -0.2) is 0 Å². The minimum absolute atomic E-state index is 0.0110. The van der Waals surface area contributed by atoms with Crippen LogP contribution in [-0.2, 0) is 21.7 Å². The number of benzene rings is 4. The molecule has 0 aliphatic rings. The van der Waals surface area contributed by atoms with E-state index in [9.17, 15) is 5.11 Å². The lowest BCUT2D eigenvalue weighted by Gasteiger charge is -2.27. The summed E-state index contributed by atoms with van der Waals surface area (Å²) < 4.78 is 1.88. The Labute approximate surface area is 299 Å². The highest BCUT2D eigenvalue weighted by Gasteiger charge is 2.25. The molecule has 0 aliphatic heterocycles. The maximum absolute atomic E-state index is 11.0. The fraction of sp³-hybridized carbons (Fsp3) is 0.390. The number of aliphatic imine (C=N–C) groups is 1. The van der Waals surface area contributed by atoms with Crippen LogP contribution in [0.1, 0.15) is 111 Å². The van der Waals surface area contributed by atoms with E-state index in [-0.39, 0.29) is 27.4 Å². The number of hydrogen-bond acceptors (Lipinski definition) is 2. The molecule has 0 saturated carbocycles. The van der Waals surface area contributed by atoms with Crippen LogP contribution in [0.5, 0.6) is 5.75 Å². The summed E-state index contributed by atoms with van der Waals surface area (Å²) in [5.41, 5.74) is 11.3. The van der Waals surface area contributed by atoms with Crippen LogP contribution in [0.15, 0.2) is 71.7 Å². The van der Waals surface area contributed by atoms with Crippen molar-refractivity contribution in [2.45, 2.75) is 105 Å². The summed E-state index contributed by atoms with van der Waals surface area (Å²) in [6.07, 6.45) is 1.83. The molecule has 0 aliphatic carbocycles. The number of para-hydroxylation sites is 1. The normalized spacial score (nSPS) is 13.1. The summed E-state index contributed by atoms with van der Waals surface area (Å²) in [6, 6.07) is 24.6. The highest BCUT2D eigenvalue weighted by Crippen LogP contribution is 2.44. The lowest BCUT2D eigenvalue weighted by molar-refractivity contribution is 0.470. The Bertz CT molecular complexity index is 1590. The molecule has 0 radical (unpaired) electrons. The van der Waals surface area contributed by atoms with E-state index in [1.165, 1.54) is 22.3 Å². The average Bonchev–Trinajstić information content (AvgIpc) is 2.91. The zero-order chi connectivity index (χ0) is 33.7. The number of phenols is 1. The van der Waals surface area contributed by atoms with Gasteiger partial charge in [-0.3, -0.25) is 4.99 Å². The molecule has 2 nitrogen and oxygen atoms in total. The lowest BCUT2D eigenvalue weighted by Crippen LogP contribution is -2.16. The third kappa shape index (κ3) is 8.40. The fourth-order valence-electron chi connectivity index (χ4n) is 5.27. The first kappa shape index (κ1) is 35.7. The van der Waals surface area contributed by atoms with Crippen LogP contribution < -0.4 is 0 Å². The first-order valence-corrected chi connectivity index (χ1v) is 17.9. The third-order valence-electron chi connectivity index (χ3n) is 8.38. The summed E-state index contributed by atoms with van der Waals surface area (Å²) in [5, 5.41) is 11.0. The Morgan fingerprint density at radius 2 is 0.933 bits per heavy atom. The number of hydrogen-bond donors (Lipinski definition) is 1. The minimum Gasteiger partial charge on any atom is -0.506 e. The molecule has 0 unspecified atom stereocenters. The molecule has 0 heterocycles. The quantitative estimate of drug-likeness (QED) is 0.161. The van der Waals surface area contributed by atoms with E-state index >= 15 is 0 Å². The van der Waals surface area contributed by atoms with Crippen LogP contribution >= 0.6 is 45.2 Å². The Morgan fingerprint density at radius 1 is 0.556 bits per heavy atom. The average molecular weight is 826 g/mol. The van der Waals surface area contributed by atoms with Gasteiger partial charge in [-0.05, 0) is 112 Å². The number of nitrogens with zero attached hydrogens (tertiary/aromatic N) is 1. The Hall–Kier alpha value is -2.19. The maximum Gasteiger partial charge on any atom is 0.137 e. The maximum atomic E-state index is 11.0. The van der Waals surface area contributed by atoms with Gasteiger partial charge in [0.15, 0.2) is 0 Å². The van der Waals surface area contributed by atoms with Crippen molar-refractivity contribution in [2.24, 2.45) is 4.99 Å². The van der Waals surface area contributed by atoms with Crippen molar-refractivity contribution in [1.29, 1.82) is 0 Å². The molecule has 4 aromatic carbocycles. The largest absolute Gasteiger partial charge is 0.506 e. The summed E-state index contributed by atoms with van der Waals surface area (Å²) in [7, 11) is 0. The van der Waals surface area contributed by atoms with Gasteiger partial charge in [0.25, 0.3) is 0 Å². The summed E-state index contributed by atoms with van der Waals surface area (Å²) in [5.74, 6) is 0.258. The third-order valence-corrected chi connectivity index (χ3v) is 9.82. The number of rotatable bonds is 4. The van der Waals surface area contributed by atoms with E-state index in [0.717, 1.165) is 35.1 Å². The molecule has 4 heteroatoms. The van der Waals surface area contributed by atoms with E-state index in [1.807, 2.05) is 18.3 Å². The van der Waals surface area contributed by atoms with Gasteiger partial charge >= 0.3 is 0 Å².